The Bertz CT molecular complexity index is 551. The Labute approximate surface area is 144 Å². The highest BCUT2D eigenvalue weighted by Gasteiger charge is 2.19. The van der Waals surface area contributed by atoms with Crippen molar-refractivity contribution >= 4 is 11.8 Å². The van der Waals surface area contributed by atoms with Gasteiger partial charge in [-0.1, -0.05) is 43.9 Å². The van der Waals surface area contributed by atoms with Crippen LogP contribution >= 0.6 is 0 Å². The Morgan fingerprint density at radius 1 is 1.17 bits per heavy atom. The number of amides is 2. The molecule has 0 atom stereocenters. The maximum absolute atomic E-state index is 12.3. The van der Waals surface area contributed by atoms with Crippen LogP contribution in [0.2, 0.25) is 0 Å². The summed E-state index contributed by atoms with van der Waals surface area (Å²) < 4.78 is 5.33. The van der Waals surface area contributed by atoms with Gasteiger partial charge in [0.25, 0.3) is 0 Å². The van der Waals surface area contributed by atoms with Gasteiger partial charge >= 0.3 is 0 Å². The summed E-state index contributed by atoms with van der Waals surface area (Å²) in [5, 5.41) is 3.09. The largest absolute Gasteiger partial charge is 0.496 e. The summed E-state index contributed by atoms with van der Waals surface area (Å²) in [6, 6.07) is 7.82. The van der Waals surface area contributed by atoms with Gasteiger partial charge in [-0.3, -0.25) is 9.59 Å². The SMILES string of the molecule is COc1ccccc1CN(CC(=O)NC1CCCCCC1)C(C)=O. The first kappa shape index (κ1) is 18.3. The molecule has 0 aliphatic heterocycles. The molecule has 1 aliphatic carbocycles. The van der Waals surface area contributed by atoms with Gasteiger partial charge in [-0.2, -0.15) is 0 Å². The summed E-state index contributed by atoms with van der Waals surface area (Å²) in [6.45, 7) is 1.95. The van der Waals surface area contributed by atoms with Crippen molar-refractivity contribution in [2.24, 2.45) is 0 Å². The van der Waals surface area contributed by atoms with Crippen LogP contribution in [0.15, 0.2) is 24.3 Å². The van der Waals surface area contributed by atoms with E-state index in [-0.39, 0.29) is 24.4 Å². The van der Waals surface area contributed by atoms with Gasteiger partial charge in [0.1, 0.15) is 5.75 Å². The van der Waals surface area contributed by atoms with Crippen molar-refractivity contribution in [1.29, 1.82) is 0 Å². The third kappa shape index (κ3) is 5.55. The van der Waals surface area contributed by atoms with E-state index in [1.54, 1.807) is 12.0 Å². The minimum atomic E-state index is -0.114. The molecule has 5 nitrogen and oxygen atoms in total. The van der Waals surface area contributed by atoms with Crippen LogP contribution in [0.1, 0.15) is 51.0 Å². The molecule has 0 heterocycles. The van der Waals surface area contributed by atoms with Crippen molar-refractivity contribution in [2.45, 2.75) is 58.0 Å². The van der Waals surface area contributed by atoms with Crippen molar-refractivity contribution in [2.75, 3.05) is 13.7 Å². The highest BCUT2D eigenvalue weighted by molar-refractivity contribution is 5.84. The van der Waals surface area contributed by atoms with Gasteiger partial charge in [-0.15, -0.1) is 0 Å². The predicted octanol–water partition coefficient (Wildman–Crippen LogP) is 2.88. The van der Waals surface area contributed by atoms with E-state index in [1.165, 1.54) is 32.6 Å². The van der Waals surface area contributed by atoms with Gasteiger partial charge in [0.15, 0.2) is 0 Å². The molecule has 0 bridgehead atoms. The van der Waals surface area contributed by atoms with E-state index in [0.717, 1.165) is 24.2 Å². The van der Waals surface area contributed by atoms with Crippen LogP contribution in [0.3, 0.4) is 0 Å². The minimum absolute atomic E-state index is 0.0769. The molecule has 0 spiro atoms. The van der Waals surface area contributed by atoms with E-state index in [0.29, 0.717) is 6.54 Å². The number of hydrogen-bond acceptors (Lipinski definition) is 3. The number of carbonyl (C=O) groups excluding carboxylic acids is 2. The number of nitrogens with one attached hydrogen (secondary N) is 1. The summed E-state index contributed by atoms with van der Waals surface area (Å²) in [6.07, 6.45) is 6.92. The zero-order valence-corrected chi connectivity index (χ0v) is 14.7. The molecule has 0 radical (unpaired) electrons. The van der Waals surface area contributed by atoms with Gasteiger partial charge in [-0.05, 0) is 18.9 Å². The second-order valence-electron chi connectivity index (χ2n) is 6.44. The number of carbonyl (C=O) groups is 2. The van der Waals surface area contributed by atoms with Crippen molar-refractivity contribution in [3.8, 4) is 5.75 Å². The summed E-state index contributed by atoms with van der Waals surface area (Å²) in [5.41, 5.74) is 0.900. The number of hydrogen-bond donors (Lipinski definition) is 1. The van der Waals surface area contributed by atoms with E-state index in [9.17, 15) is 9.59 Å². The lowest BCUT2D eigenvalue weighted by Crippen LogP contribution is -2.43. The molecule has 132 valence electrons. The molecule has 1 fully saturated rings. The molecule has 0 aromatic heterocycles. The molecule has 5 heteroatoms. The number of nitrogens with zero attached hydrogens (tertiary/aromatic N) is 1. The summed E-state index contributed by atoms with van der Waals surface area (Å²) in [4.78, 5) is 25.8. The van der Waals surface area contributed by atoms with Gasteiger partial charge in [-0.25, -0.2) is 0 Å². The van der Waals surface area contributed by atoms with Crippen LogP contribution in [0.25, 0.3) is 0 Å². The average molecular weight is 332 g/mol. The Hall–Kier alpha value is -2.04. The Morgan fingerprint density at radius 3 is 2.46 bits per heavy atom. The summed E-state index contributed by atoms with van der Waals surface area (Å²) in [7, 11) is 1.61. The number of para-hydroxylation sites is 1. The average Bonchev–Trinajstić information content (AvgIpc) is 2.83. The van der Waals surface area contributed by atoms with Gasteiger partial charge < -0.3 is 15.0 Å². The predicted molar refractivity (Wildman–Crippen MR) is 93.7 cm³/mol. The highest BCUT2D eigenvalue weighted by Crippen LogP contribution is 2.20. The fraction of sp³-hybridized carbons (Fsp3) is 0.579. The molecule has 2 amide bonds. The zero-order valence-electron chi connectivity index (χ0n) is 14.7. The second kappa shape index (κ2) is 9.30. The normalized spacial score (nSPS) is 15.4. The molecule has 0 unspecified atom stereocenters. The van der Waals surface area contributed by atoms with Gasteiger partial charge in [0, 0.05) is 25.1 Å². The number of benzene rings is 1. The maximum Gasteiger partial charge on any atom is 0.239 e. The first-order chi connectivity index (χ1) is 11.6. The van der Waals surface area contributed by atoms with Crippen LogP contribution < -0.4 is 10.1 Å². The van der Waals surface area contributed by atoms with Crippen LogP contribution in [-0.4, -0.2) is 36.4 Å². The van der Waals surface area contributed by atoms with E-state index in [1.807, 2.05) is 24.3 Å². The fourth-order valence-corrected chi connectivity index (χ4v) is 3.19. The number of methoxy groups -OCH3 is 1. The topological polar surface area (TPSA) is 58.6 Å². The molecule has 1 aliphatic rings. The molecule has 1 saturated carbocycles. The lowest BCUT2D eigenvalue weighted by Gasteiger charge is -2.23. The molecule has 1 N–H and O–H groups in total. The molecular weight excluding hydrogens is 304 g/mol. The van der Waals surface area contributed by atoms with Crippen LogP contribution in [0.4, 0.5) is 0 Å². The lowest BCUT2D eigenvalue weighted by molar-refractivity contribution is -0.135. The molecule has 1 aromatic carbocycles. The quantitative estimate of drug-likeness (QED) is 0.815. The standard InChI is InChI=1S/C19H28N2O3/c1-15(22)21(13-16-9-7-8-12-18(16)24-2)14-19(23)20-17-10-5-3-4-6-11-17/h7-9,12,17H,3-6,10-11,13-14H2,1-2H3,(H,20,23). The van der Waals surface area contributed by atoms with E-state index in [4.69, 9.17) is 4.74 Å². The first-order valence-corrected chi connectivity index (χ1v) is 8.77. The summed E-state index contributed by atoms with van der Waals surface area (Å²) >= 11 is 0. The maximum atomic E-state index is 12.3. The van der Waals surface area contributed by atoms with Crippen molar-refractivity contribution < 1.29 is 14.3 Å². The Morgan fingerprint density at radius 2 is 1.83 bits per heavy atom. The van der Waals surface area contributed by atoms with E-state index < -0.39 is 0 Å². The Balaban J connectivity index is 1.95. The molecule has 2 rings (SSSR count). The van der Waals surface area contributed by atoms with Gasteiger partial charge in [0.2, 0.25) is 11.8 Å². The van der Waals surface area contributed by atoms with Crippen molar-refractivity contribution in [3.05, 3.63) is 29.8 Å². The van der Waals surface area contributed by atoms with Crippen LogP contribution in [-0.2, 0) is 16.1 Å². The number of rotatable bonds is 6. The highest BCUT2D eigenvalue weighted by atomic mass is 16.5. The second-order valence-corrected chi connectivity index (χ2v) is 6.44. The van der Waals surface area contributed by atoms with Crippen LogP contribution in [0, 0.1) is 0 Å². The molecular formula is C19H28N2O3. The van der Waals surface area contributed by atoms with Gasteiger partial charge in [0.05, 0.1) is 13.7 Å². The molecule has 0 saturated heterocycles. The Kier molecular flexibility index (Phi) is 7.09. The third-order valence-corrected chi connectivity index (χ3v) is 4.55. The third-order valence-electron chi connectivity index (χ3n) is 4.55. The molecule has 1 aromatic rings. The first-order valence-electron chi connectivity index (χ1n) is 8.77. The smallest absolute Gasteiger partial charge is 0.239 e. The lowest BCUT2D eigenvalue weighted by atomic mass is 10.1. The monoisotopic (exact) mass is 332 g/mol. The van der Waals surface area contributed by atoms with Crippen molar-refractivity contribution in [3.63, 3.8) is 0 Å². The molecule has 24 heavy (non-hydrogen) atoms. The summed E-state index contributed by atoms with van der Waals surface area (Å²) in [5.74, 6) is 0.539. The fourth-order valence-electron chi connectivity index (χ4n) is 3.19. The minimum Gasteiger partial charge on any atom is -0.496 e. The van der Waals surface area contributed by atoms with E-state index in [2.05, 4.69) is 5.32 Å². The van der Waals surface area contributed by atoms with Crippen LogP contribution in [0.5, 0.6) is 5.75 Å². The zero-order chi connectivity index (χ0) is 17.4. The van der Waals surface area contributed by atoms with E-state index >= 15 is 0 Å². The van der Waals surface area contributed by atoms with Crippen molar-refractivity contribution in [1.82, 2.24) is 10.2 Å². The number of ether oxygens (including phenoxy) is 1.